The van der Waals surface area contributed by atoms with Crippen molar-refractivity contribution in [3.8, 4) is 12.1 Å². The largest absolute Gasteiger partial charge is 0.481 e. The molecule has 2 rings (SSSR count). The van der Waals surface area contributed by atoms with Gasteiger partial charge in [-0.15, -0.1) is 0 Å². The Bertz CT molecular complexity index is 787. The Morgan fingerprint density at radius 1 is 1.04 bits per heavy atom. The van der Waals surface area contributed by atoms with E-state index in [1.807, 2.05) is 17.0 Å². The van der Waals surface area contributed by atoms with Crippen LogP contribution in [-0.2, 0) is 11.3 Å². The molecular weight excluding hydrogens is 290 g/mol. The summed E-state index contributed by atoms with van der Waals surface area (Å²) < 4.78 is 0. The zero-order valence-electron chi connectivity index (χ0n) is 12.4. The fourth-order valence-corrected chi connectivity index (χ4v) is 2.26. The van der Waals surface area contributed by atoms with Gasteiger partial charge in [0.2, 0.25) is 0 Å². The lowest BCUT2D eigenvalue weighted by molar-refractivity contribution is -0.136. The van der Waals surface area contributed by atoms with Gasteiger partial charge in [0.25, 0.3) is 0 Å². The Balaban J connectivity index is 2.27. The number of carboxylic acids is 1. The molecule has 0 saturated heterocycles. The van der Waals surface area contributed by atoms with Crippen LogP contribution in [0.3, 0.4) is 0 Å². The van der Waals surface area contributed by atoms with Gasteiger partial charge in [-0.3, -0.25) is 4.79 Å². The first-order valence-electron chi connectivity index (χ1n) is 7.08. The van der Waals surface area contributed by atoms with Crippen molar-refractivity contribution < 1.29 is 9.90 Å². The van der Waals surface area contributed by atoms with Crippen LogP contribution < -0.4 is 4.90 Å². The molecule has 0 bridgehead atoms. The van der Waals surface area contributed by atoms with Crippen molar-refractivity contribution in [1.29, 1.82) is 10.5 Å². The number of nitriles is 2. The van der Waals surface area contributed by atoms with Gasteiger partial charge < -0.3 is 10.0 Å². The van der Waals surface area contributed by atoms with Crippen LogP contribution in [0.25, 0.3) is 0 Å². The molecule has 0 heterocycles. The fraction of sp³-hybridized carbons (Fsp3) is 0.167. The maximum atomic E-state index is 10.9. The van der Waals surface area contributed by atoms with E-state index < -0.39 is 5.97 Å². The van der Waals surface area contributed by atoms with E-state index in [0.29, 0.717) is 24.2 Å². The van der Waals surface area contributed by atoms with E-state index in [9.17, 15) is 4.79 Å². The number of aliphatic carboxylic acids is 1. The summed E-state index contributed by atoms with van der Waals surface area (Å²) in [5.41, 5.74) is 2.78. The highest BCUT2D eigenvalue weighted by Crippen LogP contribution is 2.19. The third-order valence-corrected chi connectivity index (χ3v) is 3.37. The molecule has 5 heteroatoms. The molecule has 0 saturated carbocycles. The van der Waals surface area contributed by atoms with Crippen LogP contribution in [0.4, 0.5) is 5.69 Å². The lowest BCUT2D eigenvalue weighted by Crippen LogP contribution is -2.25. The van der Waals surface area contributed by atoms with Crippen molar-refractivity contribution in [2.75, 3.05) is 11.4 Å². The number of nitrogens with zero attached hydrogens (tertiary/aromatic N) is 3. The summed E-state index contributed by atoms with van der Waals surface area (Å²) in [6.45, 7) is 0.790. The van der Waals surface area contributed by atoms with Gasteiger partial charge in [-0.25, -0.2) is 0 Å². The molecule has 0 atom stereocenters. The highest BCUT2D eigenvalue weighted by Gasteiger charge is 2.11. The molecule has 23 heavy (non-hydrogen) atoms. The molecule has 0 unspecified atom stereocenters. The lowest BCUT2D eigenvalue weighted by Gasteiger charge is -2.24. The number of benzene rings is 2. The number of hydrogen-bond donors (Lipinski definition) is 1. The monoisotopic (exact) mass is 305 g/mol. The zero-order chi connectivity index (χ0) is 16.7. The molecule has 5 nitrogen and oxygen atoms in total. The molecule has 0 aliphatic rings. The maximum Gasteiger partial charge on any atom is 0.305 e. The van der Waals surface area contributed by atoms with Crippen LogP contribution in [0.15, 0.2) is 48.5 Å². The number of carbonyl (C=O) groups is 1. The van der Waals surface area contributed by atoms with Crippen LogP contribution in [0.2, 0.25) is 0 Å². The topological polar surface area (TPSA) is 88.1 Å². The maximum absolute atomic E-state index is 10.9. The highest BCUT2D eigenvalue weighted by molar-refractivity contribution is 5.67. The van der Waals surface area contributed by atoms with Gasteiger partial charge in [-0.05, 0) is 35.9 Å². The first kappa shape index (κ1) is 16.1. The smallest absolute Gasteiger partial charge is 0.305 e. The predicted molar refractivity (Wildman–Crippen MR) is 85.6 cm³/mol. The molecule has 0 fully saturated rings. The summed E-state index contributed by atoms with van der Waals surface area (Å²) in [5.74, 6) is -0.878. The van der Waals surface area contributed by atoms with E-state index in [0.717, 1.165) is 11.3 Å². The second-order valence-electron chi connectivity index (χ2n) is 5.04. The number of carboxylic acid groups (broad SMARTS) is 1. The van der Waals surface area contributed by atoms with Crippen LogP contribution in [0, 0.1) is 22.7 Å². The summed E-state index contributed by atoms with van der Waals surface area (Å²) in [6, 6.07) is 18.4. The number of hydrogen-bond acceptors (Lipinski definition) is 4. The minimum atomic E-state index is -0.878. The van der Waals surface area contributed by atoms with Crippen LogP contribution in [-0.4, -0.2) is 17.6 Å². The normalized spacial score (nSPS) is 9.65. The molecule has 0 aliphatic carbocycles. The van der Waals surface area contributed by atoms with Crippen LogP contribution >= 0.6 is 0 Å². The quantitative estimate of drug-likeness (QED) is 0.886. The summed E-state index contributed by atoms with van der Waals surface area (Å²) in [5, 5.41) is 26.9. The Kier molecular flexibility index (Phi) is 5.33. The zero-order valence-corrected chi connectivity index (χ0v) is 12.4. The van der Waals surface area contributed by atoms with E-state index in [-0.39, 0.29) is 6.42 Å². The molecule has 0 amide bonds. The van der Waals surface area contributed by atoms with Crippen molar-refractivity contribution in [3.63, 3.8) is 0 Å². The lowest BCUT2D eigenvalue weighted by atomic mass is 10.1. The SMILES string of the molecule is N#Cc1cccc(CN(CCC(=O)O)c2cccc(C#N)c2)c1. The summed E-state index contributed by atoms with van der Waals surface area (Å²) in [4.78, 5) is 12.8. The summed E-state index contributed by atoms with van der Waals surface area (Å²) >= 11 is 0. The minimum absolute atomic E-state index is 0.00524. The van der Waals surface area contributed by atoms with Crippen molar-refractivity contribution in [1.82, 2.24) is 0 Å². The average Bonchev–Trinajstić information content (AvgIpc) is 2.58. The number of rotatable bonds is 6. The number of anilines is 1. The molecule has 0 spiro atoms. The van der Waals surface area contributed by atoms with E-state index >= 15 is 0 Å². The van der Waals surface area contributed by atoms with Gasteiger partial charge in [0.05, 0.1) is 29.7 Å². The van der Waals surface area contributed by atoms with Gasteiger partial charge in [-0.1, -0.05) is 18.2 Å². The first-order valence-corrected chi connectivity index (χ1v) is 7.08. The Morgan fingerprint density at radius 3 is 2.35 bits per heavy atom. The minimum Gasteiger partial charge on any atom is -0.481 e. The molecule has 0 aromatic heterocycles. The molecule has 2 aromatic carbocycles. The second kappa shape index (κ2) is 7.63. The van der Waals surface area contributed by atoms with Crippen molar-refractivity contribution >= 4 is 11.7 Å². The van der Waals surface area contributed by atoms with Crippen molar-refractivity contribution in [2.24, 2.45) is 0 Å². The van der Waals surface area contributed by atoms with Gasteiger partial charge in [0.15, 0.2) is 0 Å². The first-order chi connectivity index (χ1) is 11.1. The predicted octanol–water partition coefficient (Wildman–Crippen LogP) is 2.91. The van der Waals surface area contributed by atoms with Gasteiger partial charge >= 0.3 is 5.97 Å². The van der Waals surface area contributed by atoms with E-state index in [4.69, 9.17) is 15.6 Å². The Hall–Kier alpha value is -3.31. The van der Waals surface area contributed by atoms with Crippen molar-refractivity contribution in [2.45, 2.75) is 13.0 Å². The van der Waals surface area contributed by atoms with Gasteiger partial charge in [0.1, 0.15) is 0 Å². The van der Waals surface area contributed by atoms with Crippen molar-refractivity contribution in [3.05, 3.63) is 65.2 Å². The summed E-state index contributed by atoms with van der Waals surface area (Å²) in [7, 11) is 0. The van der Waals surface area contributed by atoms with Gasteiger partial charge in [-0.2, -0.15) is 10.5 Å². The molecule has 2 aromatic rings. The standard InChI is InChI=1S/C18H15N3O2/c19-11-14-3-1-5-16(9-14)13-21(8-7-18(22)23)17-6-2-4-15(10-17)12-20/h1-6,9-10H,7-8,13H2,(H,22,23). The molecule has 114 valence electrons. The molecular formula is C18H15N3O2. The third kappa shape index (κ3) is 4.59. The Morgan fingerprint density at radius 2 is 1.70 bits per heavy atom. The van der Waals surface area contributed by atoms with Gasteiger partial charge in [0, 0.05) is 18.8 Å². The molecule has 0 radical (unpaired) electrons. The van der Waals surface area contributed by atoms with E-state index in [1.54, 1.807) is 36.4 Å². The van der Waals surface area contributed by atoms with Crippen LogP contribution in [0.5, 0.6) is 0 Å². The van der Waals surface area contributed by atoms with E-state index in [2.05, 4.69) is 12.1 Å². The average molecular weight is 305 g/mol. The molecule has 1 N–H and O–H groups in total. The third-order valence-electron chi connectivity index (χ3n) is 3.37. The fourth-order valence-electron chi connectivity index (χ4n) is 2.26. The summed E-state index contributed by atoms with van der Waals surface area (Å²) in [6.07, 6.45) is -0.00524. The van der Waals surface area contributed by atoms with Crippen LogP contribution in [0.1, 0.15) is 23.1 Å². The Labute approximate surface area is 134 Å². The highest BCUT2D eigenvalue weighted by atomic mass is 16.4. The molecule has 0 aliphatic heterocycles. The van der Waals surface area contributed by atoms with E-state index in [1.165, 1.54) is 0 Å². The second-order valence-corrected chi connectivity index (χ2v) is 5.04.